The Morgan fingerprint density at radius 2 is 1.74 bits per heavy atom. The molecular formula is C17H17F2NO2S. The molecule has 0 aliphatic heterocycles. The molecule has 0 bridgehead atoms. The van der Waals surface area contributed by atoms with Crippen molar-refractivity contribution in [2.45, 2.75) is 36.5 Å². The van der Waals surface area contributed by atoms with Gasteiger partial charge in [0.2, 0.25) is 0 Å². The summed E-state index contributed by atoms with van der Waals surface area (Å²) in [5.41, 5.74) is 2.00. The fraction of sp³-hybridized carbons (Fsp3) is 0.353. The normalized spacial score (nSPS) is 16.0. The van der Waals surface area contributed by atoms with Crippen LogP contribution < -0.4 is 0 Å². The van der Waals surface area contributed by atoms with Gasteiger partial charge >= 0.3 is 0 Å². The van der Waals surface area contributed by atoms with Crippen molar-refractivity contribution in [3.05, 3.63) is 47.8 Å². The molecule has 0 N–H and O–H groups in total. The van der Waals surface area contributed by atoms with Crippen LogP contribution in [0.15, 0.2) is 35.5 Å². The first-order valence-corrected chi connectivity index (χ1v) is 9.40. The van der Waals surface area contributed by atoms with Crippen LogP contribution in [0.3, 0.4) is 0 Å². The van der Waals surface area contributed by atoms with Crippen molar-refractivity contribution in [3.8, 4) is 11.1 Å². The fourth-order valence-electron chi connectivity index (χ4n) is 3.31. The molecule has 122 valence electrons. The van der Waals surface area contributed by atoms with Gasteiger partial charge in [0.25, 0.3) is 0 Å². The van der Waals surface area contributed by atoms with Crippen LogP contribution in [0.4, 0.5) is 8.78 Å². The summed E-state index contributed by atoms with van der Waals surface area (Å²) in [4.78, 5) is 3.18. The van der Waals surface area contributed by atoms with Crippen molar-refractivity contribution < 1.29 is 17.2 Å². The second-order valence-electron chi connectivity index (χ2n) is 5.99. The number of pyridine rings is 1. The van der Waals surface area contributed by atoms with E-state index in [2.05, 4.69) is 4.98 Å². The Balaban J connectivity index is 2.14. The van der Waals surface area contributed by atoms with E-state index < -0.39 is 26.4 Å². The Bertz CT molecular complexity index is 820. The molecule has 1 fully saturated rings. The first-order chi connectivity index (χ1) is 10.9. The van der Waals surface area contributed by atoms with Crippen molar-refractivity contribution in [1.29, 1.82) is 0 Å². The van der Waals surface area contributed by atoms with Gasteiger partial charge in [-0.25, -0.2) is 17.2 Å². The highest BCUT2D eigenvalue weighted by Crippen LogP contribution is 2.39. The molecule has 2 aromatic rings. The average Bonchev–Trinajstić information content (AvgIpc) is 2.99. The average molecular weight is 337 g/mol. The molecule has 3 rings (SSSR count). The molecule has 3 nitrogen and oxygen atoms in total. The van der Waals surface area contributed by atoms with Gasteiger partial charge in [0.1, 0.15) is 16.5 Å². The lowest BCUT2D eigenvalue weighted by Gasteiger charge is -2.15. The molecule has 0 unspecified atom stereocenters. The Hall–Kier alpha value is -1.82. The van der Waals surface area contributed by atoms with Gasteiger partial charge in [0.05, 0.1) is 0 Å². The number of nitrogens with zero attached hydrogens (tertiary/aromatic N) is 1. The summed E-state index contributed by atoms with van der Waals surface area (Å²) in [5.74, 6) is -1.78. The molecule has 1 aromatic heterocycles. The molecule has 1 aliphatic carbocycles. The summed E-state index contributed by atoms with van der Waals surface area (Å²) in [7, 11) is -3.95. The van der Waals surface area contributed by atoms with Crippen LogP contribution in [0.1, 0.15) is 37.2 Å². The second-order valence-corrected chi connectivity index (χ2v) is 7.94. The molecule has 1 heterocycles. The van der Waals surface area contributed by atoms with Gasteiger partial charge in [-0.2, -0.15) is 0 Å². The number of benzene rings is 1. The molecule has 1 aliphatic rings. The van der Waals surface area contributed by atoms with Crippen LogP contribution in [0.2, 0.25) is 0 Å². The van der Waals surface area contributed by atoms with Gasteiger partial charge in [0, 0.05) is 24.2 Å². The standard InChI is InChI=1S/C17H17F2NO2S/c1-23(21,22)17-15(18)8-12(9-16(17)19)14-10-20-7-6-13(14)11-4-2-3-5-11/h6-11H,2-5H2,1H3. The molecule has 1 aromatic carbocycles. The van der Waals surface area contributed by atoms with Crippen LogP contribution in [0.25, 0.3) is 11.1 Å². The monoisotopic (exact) mass is 337 g/mol. The first-order valence-electron chi connectivity index (χ1n) is 7.51. The number of hydrogen-bond donors (Lipinski definition) is 0. The van der Waals surface area contributed by atoms with E-state index in [1.54, 1.807) is 12.4 Å². The SMILES string of the molecule is CS(=O)(=O)c1c(F)cc(-c2cnccc2C2CCCC2)cc1F. The highest BCUT2D eigenvalue weighted by atomic mass is 32.2. The third-order valence-corrected chi connectivity index (χ3v) is 5.46. The largest absolute Gasteiger partial charge is 0.264 e. The predicted octanol–water partition coefficient (Wildman–Crippen LogP) is 4.09. The highest BCUT2D eigenvalue weighted by molar-refractivity contribution is 7.90. The molecule has 0 saturated heterocycles. The first kappa shape index (κ1) is 16.1. The van der Waals surface area contributed by atoms with Crippen molar-refractivity contribution in [2.24, 2.45) is 0 Å². The molecule has 0 atom stereocenters. The number of rotatable bonds is 3. The second kappa shape index (κ2) is 6.00. The van der Waals surface area contributed by atoms with Gasteiger partial charge in [-0.1, -0.05) is 12.8 Å². The fourth-order valence-corrected chi connectivity index (χ4v) is 4.14. The molecule has 0 radical (unpaired) electrons. The van der Waals surface area contributed by atoms with Crippen LogP contribution in [-0.2, 0) is 9.84 Å². The Labute approximate surface area is 134 Å². The van der Waals surface area contributed by atoms with Crippen LogP contribution in [-0.4, -0.2) is 19.7 Å². The zero-order chi connectivity index (χ0) is 16.6. The third kappa shape index (κ3) is 3.13. The van der Waals surface area contributed by atoms with Gasteiger partial charge in [-0.05, 0) is 48.1 Å². The molecular weight excluding hydrogens is 320 g/mol. The third-order valence-electron chi connectivity index (χ3n) is 4.33. The molecule has 0 spiro atoms. The summed E-state index contributed by atoms with van der Waals surface area (Å²) in [6.07, 6.45) is 8.43. The van der Waals surface area contributed by atoms with Gasteiger partial charge in [-0.3, -0.25) is 4.98 Å². The summed E-state index contributed by atoms with van der Waals surface area (Å²) >= 11 is 0. The van der Waals surface area contributed by atoms with Crippen molar-refractivity contribution in [2.75, 3.05) is 6.26 Å². The minimum absolute atomic E-state index is 0.322. The quantitative estimate of drug-likeness (QED) is 0.847. The van der Waals surface area contributed by atoms with E-state index in [1.165, 1.54) is 0 Å². The number of halogens is 2. The maximum Gasteiger partial charge on any atom is 0.181 e. The molecule has 1 saturated carbocycles. The van der Waals surface area contributed by atoms with E-state index in [-0.39, 0.29) is 0 Å². The lowest BCUT2D eigenvalue weighted by Crippen LogP contribution is -2.05. The smallest absolute Gasteiger partial charge is 0.181 e. The van der Waals surface area contributed by atoms with Crippen LogP contribution in [0.5, 0.6) is 0 Å². The summed E-state index contributed by atoms with van der Waals surface area (Å²) in [5, 5.41) is 0. The van der Waals surface area contributed by atoms with Crippen molar-refractivity contribution in [1.82, 2.24) is 4.98 Å². The van der Waals surface area contributed by atoms with Gasteiger partial charge < -0.3 is 0 Å². The van der Waals surface area contributed by atoms with E-state index in [0.29, 0.717) is 17.0 Å². The minimum Gasteiger partial charge on any atom is -0.264 e. The van der Waals surface area contributed by atoms with E-state index in [0.717, 1.165) is 49.6 Å². The topological polar surface area (TPSA) is 47.0 Å². The molecule has 6 heteroatoms. The summed E-state index contributed by atoms with van der Waals surface area (Å²) in [6.45, 7) is 0. The van der Waals surface area contributed by atoms with Crippen molar-refractivity contribution >= 4 is 9.84 Å². The van der Waals surface area contributed by atoms with Crippen molar-refractivity contribution in [3.63, 3.8) is 0 Å². The predicted molar refractivity (Wildman–Crippen MR) is 83.9 cm³/mol. The molecule has 0 amide bonds. The zero-order valence-electron chi connectivity index (χ0n) is 12.7. The number of sulfone groups is 1. The lowest BCUT2D eigenvalue weighted by molar-refractivity contribution is 0.522. The van der Waals surface area contributed by atoms with Gasteiger partial charge in [-0.15, -0.1) is 0 Å². The maximum absolute atomic E-state index is 14.2. The summed E-state index contributed by atoms with van der Waals surface area (Å²) in [6, 6.07) is 4.04. The molecule has 23 heavy (non-hydrogen) atoms. The van der Waals surface area contributed by atoms with E-state index in [1.807, 2.05) is 6.07 Å². The van der Waals surface area contributed by atoms with Crippen LogP contribution >= 0.6 is 0 Å². The Kier molecular flexibility index (Phi) is 4.19. The van der Waals surface area contributed by atoms with E-state index in [4.69, 9.17) is 0 Å². The van der Waals surface area contributed by atoms with E-state index in [9.17, 15) is 17.2 Å². The number of aromatic nitrogens is 1. The minimum atomic E-state index is -3.95. The summed E-state index contributed by atoms with van der Waals surface area (Å²) < 4.78 is 51.3. The van der Waals surface area contributed by atoms with Crippen LogP contribution in [0, 0.1) is 11.6 Å². The van der Waals surface area contributed by atoms with Gasteiger partial charge in [0.15, 0.2) is 9.84 Å². The lowest BCUT2D eigenvalue weighted by atomic mass is 9.91. The van der Waals surface area contributed by atoms with E-state index >= 15 is 0 Å². The zero-order valence-corrected chi connectivity index (χ0v) is 13.5. The Morgan fingerprint density at radius 1 is 1.13 bits per heavy atom. The Morgan fingerprint density at radius 3 is 2.30 bits per heavy atom. The maximum atomic E-state index is 14.2. The highest BCUT2D eigenvalue weighted by Gasteiger charge is 2.24. The number of hydrogen-bond acceptors (Lipinski definition) is 3.